The highest BCUT2D eigenvalue weighted by atomic mass is 79.9. The van der Waals surface area contributed by atoms with Gasteiger partial charge >= 0.3 is 0 Å². The Kier molecular flexibility index (Phi) is 4.59. The molecule has 1 aromatic heterocycles. The van der Waals surface area contributed by atoms with Crippen LogP contribution >= 0.6 is 27.3 Å². The minimum atomic E-state index is -0.390. The van der Waals surface area contributed by atoms with Crippen LogP contribution in [0.3, 0.4) is 0 Å². The van der Waals surface area contributed by atoms with Crippen molar-refractivity contribution in [3.63, 3.8) is 0 Å². The molecule has 0 bridgehead atoms. The van der Waals surface area contributed by atoms with Crippen LogP contribution in [0.2, 0.25) is 0 Å². The number of unbranched alkanes of at least 4 members (excludes halogenated alkanes) is 1. The summed E-state index contributed by atoms with van der Waals surface area (Å²) < 4.78 is 1.00. The smallest absolute Gasteiger partial charge is 0.236 e. The maximum atomic E-state index is 12.6. The van der Waals surface area contributed by atoms with Crippen molar-refractivity contribution in [2.45, 2.75) is 44.4 Å². The van der Waals surface area contributed by atoms with Gasteiger partial charge in [-0.25, -0.2) is 0 Å². The SMILES string of the molecule is CCCCc1nnc(NC(=O)C2(c3cccc(Br)c3)CC2)s1. The van der Waals surface area contributed by atoms with Crippen molar-refractivity contribution < 1.29 is 4.79 Å². The Morgan fingerprint density at radius 1 is 1.41 bits per heavy atom. The standard InChI is InChI=1S/C16H18BrN3OS/c1-2-3-7-13-19-20-15(22-13)18-14(21)16(8-9-16)11-5-4-6-12(17)10-11/h4-6,10H,2-3,7-9H2,1H3,(H,18,20,21). The van der Waals surface area contributed by atoms with E-state index in [-0.39, 0.29) is 11.3 Å². The fraction of sp³-hybridized carbons (Fsp3) is 0.438. The number of hydrogen-bond acceptors (Lipinski definition) is 4. The number of carbonyl (C=O) groups is 1. The zero-order chi connectivity index (χ0) is 15.6. The Bertz CT molecular complexity index is 682. The molecule has 1 aliphatic carbocycles. The fourth-order valence-corrected chi connectivity index (χ4v) is 3.68. The molecule has 0 aliphatic heterocycles. The number of amides is 1. The fourth-order valence-electron chi connectivity index (χ4n) is 2.51. The Balaban J connectivity index is 1.70. The quantitative estimate of drug-likeness (QED) is 0.812. The summed E-state index contributed by atoms with van der Waals surface area (Å²) in [7, 11) is 0. The minimum Gasteiger partial charge on any atom is -0.300 e. The van der Waals surface area contributed by atoms with Gasteiger partial charge in [-0.2, -0.15) is 0 Å². The molecule has 1 amide bonds. The van der Waals surface area contributed by atoms with Gasteiger partial charge in [-0.1, -0.05) is 52.7 Å². The molecular weight excluding hydrogens is 362 g/mol. The molecule has 0 unspecified atom stereocenters. The van der Waals surface area contributed by atoms with E-state index in [2.05, 4.69) is 38.4 Å². The highest BCUT2D eigenvalue weighted by Gasteiger charge is 2.51. The van der Waals surface area contributed by atoms with E-state index in [1.54, 1.807) is 0 Å². The van der Waals surface area contributed by atoms with Crippen LogP contribution in [-0.2, 0) is 16.6 Å². The van der Waals surface area contributed by atoms with E-state index in [1.807, 2.05) is 24.3 Å². The molecule has 0 radical (unpaired) electrons. The van der Waals surface area contributed by atoms with E-state index in [1.165, 1.54) is 11.3 Å². The third-order valence-corrected chi connectivity index (χ3v) is 5.39. The number of benzene rings is 1. The van der Waals surface area contributed by atoms with Crippen LogP contribution in [-0.4, -0.2) is 16.1 Å². The molecule has 1 aromatic carbocycles. The Morgan fingerprint density at radius 2 is 2.23 bits per heavy atom. The van der Waals surface area contributed by atoms with Crippen LogP contribution in [0.5, 0.6) is 0 Å². The lowest BCUT2D eigenvalue weighted by Gasteiger charge is -2.14. The molecular formula is C16H18BrN3OS. The lowest BCUT2D eigenvalue weighted by molar-refractivity contribution is -0.118. The number of nitrogens with zero attached hydrogens (tertiary/aromatic N) is 2. The average Bonchev–Trinajstić information content (AvgIpc) is 3.21. The van der Waals surface area contributed by atoms with E-state index in [0.717, 1.165) is 47.1 Å². The predicted octanol–water partition coefficient (Wildman–Crippen LogP) is 4.31. The first-order valence-corrected chi connectivity index (χ1v) is 9.15. The molecule has 1 heterocycles. The molecule has 22 heavy (non-hydrogen) atoms. The molecule has 4 nitrogen and oxygen atoms in total. The number of nitrogens with one attached hydrogen (secondary N) is 1. The van der Waals surface area contributed by atoms with Crippen LogP contribution in [0.25, 0.3) is 0 Å². The van der Waals surface area contributed by atoms with Gasteiger partial charge in [0.2, 0.25) is 11.0 Å². The highest BCUT2D eigenvalue weighted by molar-refractivity contribution is 9.10. The first-order chi connectivity index (χ1) is 10.6. The Hall–Kier alpha value is -1.27. The zero-order valence-corrected chi connectivity index (χ0v) is 14.8. The van der Waals surface area contributed by atoms with E-state index in [4.69, 9.17) is 0 Å². The summed E-state index contributed by atoms with van der Waals surface area (Å²) in [6.45, 7) is 2.15. The van der Waals surface area contributed by atoms with Crippen molar-refractivity contribution in [3.05, 3.63) is 39.3 Å². The summed E-state index contributed by atoms with van der Waals surface area (Å²) in [5, 5.41) is 12.8. The third kappa shape index (κ3) is 3.22. The van der Waals surface area contributed by atoms with Crippen LogP contribution < -0.4 is 5.32 Å². The lowest BCUT2D eigenvalue weighted by atomic mass is 9.95. The topological polar surface area (TPSA) is 54.9 Å². The molecule has 1 aliphatic rings. The van der Waals surface area contributed by atoms with Crippen molar-refractivity contribution in [1.82, 2.24) is 10.2 Å². The molecule has 3 rings (SSSR count). The number of carbonyl (C=O) groups excluding carboxylic acids is 1. The molecule has 0 atom stereocenters. The molecule has 116 valence electrons. The van der Waals surface area contributed by atoms with Crippen molar-refractivity contribution in [2.24, 2.45) is 0 Å². The molecule has 0 spiro atoms. The van der Waals surface area contributed by atoms with Gasteiger partial charge < -0.3 is 0 Å². The zero-order valence-electron chi connectivity index (χ0n) is 12.4. The van der Waals surface area contributed by atoms with E-state index in [0.29, 0.717) is 5.13 Å². The second-order valence-electron chi connectivity index (χ2n) is 5.65. The van der Waals surface area contributed by atoms with Crippen molar-refractivity contribution in [1.29, 1.82) is 0 Å². The average molecular weight is 380 g/mol. The maximum absolute atomic E-state index is 12.6. The summed E-state index contributed by atoms with van der Waals surface area (Å²) in [6, 6.07) is 7.99. The van der Waals surface area contributed by atoms with Gasteiger partial charge in [0.15, 0.2) is 0 Å². The van der Waals surface area contributed by atoms with Crippen LogP contribution in [0.15, 0.2) is 28.7 Å². The lowest BCUT2D eigenvalue weighted by Crippen LogP contribution is -2.27. The van der Waals surface area contributed by atoms with Gasteiger partial charge in [0.25, 0.3) is 0 Å². The Morgan fingerprint density at radius 3 is 2.91 bits per heavy atom. The summed E-state index contributed by atoms with van der Waals surface area (Å²) >= 11 is 4.95. The summed E-state index contributed by atoms with van der Waals surface area (Å²) in [4.78, 5) is 12.6. The second-order valence-corrected chi connectivity index (χ2v) is 7.63. The van der Waals surface area contributed by atoms with Crippen LogP contribution in [0.4, 0.5) is 5.13 Å². The van der Waals surface area contributed by atoms with Crippen molar-refractivity contribution in [2.75, 3.05) is 5.32 Å². The highest BCUT2D eigenvalue weighted by Crippen LogP contribution is 2.49. The van der Waals surface area contributed by atoms with Gasteiger partial charge in [0.1, 0.15) is 5.01 Å². The number of anilines is 1. The summed E-state index contributed by atoms with van der Waals surface area (Å²) in [5.41, 5.74) is 0.675. The largest absolute Gasteiger partial charge is 0.300 e. The second kappa shape index (κ2) is 6.46. The number of halogens is 1. The van der Waals surface area contributed by atoms with Crippen molar-refractivity contribution >= 4 is 38.3 Å². The molecule has 0 saturated heterocycles. The number of aromatic nitrogens is 2. The third-order valence-electron chi connectivity index (χ3n) is 3.99. The molecule has 6 heteroatoms. The molecule has 1 fully saturated rings. The Labute approximate surface area is 142 Å². The maximum Gasteiger partial charge on any atom is 0.236 e. The summed E-state index contributed by atoms with van der Waals surface area (Å²) in [5.74, 6) is 0.0313. The van der Waals surface area contributed by atoms with Gasteiger partial charge in [-0.15, -0.1) is 10.2 Å². The van der Waals surface area contributed by atoms with E-state index >= 15 is 0 Å². The molecule has 1 saturated carbocycles. The number of aryl methyl sites for hydroxylation is 1. The van der Waals surface area contributed by atoms with Crippen LogP contribution in [0, 0.1) is 0 Å². The van der Waals surface area contributed by atoms with E-state index in [9.17, 15) is 4.79 Å². The van der Waals surface area contributed by atoms with Gasteiger partial charge in [-0.3, -0.25) is 10.1 Å². The van der Waals surface area contributed by atoms with Crippen LogP contribution in [0.1, 0.15) is 43.2 Å². The minimum absolute atomic E-state index is 0.0313. The van der Waals surface area contributed by atoms with E-state index < -0.39 is 0 Å². The van der Waals surface area contributed by atoms with Gasteiger partial charge in [-0.05, 0) is 37.0 Å². The normalized spacial score (nSPS) is 15.5. The number of rotatable bonds is 6. The van der Waals surface area contributed by atoms with Gasteiger partial charge in [0, 0.05) is 10.9 Å². The molecule has 2 aromatic rings. The monoisotopic (exact) mass is 379 g/mol. The first-order valence-electron chi connectivity index (χ1n) is 7.54. The summed E-state index contributed by atoms with van der Waals surface area (Å²) in [6.07, 6.45) is 4.94. The predicted molar refractivity (Wildman–Crippen MR) is 92.2 cm³/mol. The first kappa shape index (κ1) is 15.6. The van der Waals surface area contributed by atoms with Gasteiger partial charge in [0.05, 0.1) is 5.41 Å². The number of hydrogen-bond donors (Lipinski definition) is 1. The van der Waals surface area contributed by atoms with Crippen molar-refractivity contribution in [3.8, 4) is 0 Å². The molecule has 1 N–H and O–H groups in total.